The number of halogens is 1. The topological polar surface area (TPSA) is 35.5 Å². The monoisotopic (exact) mass is 310 g/mol. The van der Waals surface area contributed by atoms with Crippen LogP contribution in [0, 0.1) is 0 Å². The van der Waals surface area contributed by atoms with E-state index in [0.717, 1.165) is 35.7 Å². The van der Waals surface area contributed by atoms with Crippen molar-refractivity contribution in [3.05, 3.63) is 28.7 Å². The molecule has 0 amide bonds. The average molecular weight is 311 g/mol. The van der Waals surface area contributed by atoms with E-state index in [-0.39, 0.29) is 12.1 Å². The number of para-hydroxylation sites is 1. The third kappa shape index (κ3) is 2.42. The van der Waals surface area contributed by atoms with Crippen LogP contribution >= 0.6 is 15.9 Å². The zero-order valence-corrected chi connectivity index (χ0v) is 12.0. The Hall–Kier alpha value is -0.580. The van der Waals surface area contributed by atoms with E-state index >= 15 is 0 Å². The number of likely N-dealkylation sites (tertiary alicyclic amines) is 1. The summed E-state index contributed by atoms with van der Waals surface area (Å²) in [4.78, 5) is 2.51. The molecule has 1 heterocycles. The SMILES string of the molecule is OCC1(Nc2ccccc2Br)CCN(C2CC2)C1. The van der Waals surface area contributed by atoms with Gasteiger partial charge >= 0.3 is 0 Å². The van der Waals surface area contributed by atoms with E-state index in [1.165, 1.54) is 12.8 Å². The van der Waals surface area contributed by atoms with Gasteiger partial charge in [-0.2, -0.15) is 0 Å². The van der Waals surface area contributed by atoms with Crippen LogP contribution < -0.4 is 5.32 Å². The number of aliphatic hydroxyl groups is 1. The molecule has 1 saturated heterocycles. The van der Waals surface area contributed by atoms with Gasteiger partial charge in [-0.1, -0.05) is 12.1 Å². The summed E-state index contributed by atoms with van der Waals surface area (Å²) in [6.07, 6.45) is 3.68. The highest BCUT2D eigenvalue weighted by molar-refractivity contribution is 9.10. The third-order valence-electron chi connectivity index (χ3n) is 4.02. The molecular weight excluding hydrogens is 292 g/mol. The molecule has 1 aliphatic heterocycles. The standard InChI is InChI=1S/C14H19BrN2O/c15-12-3-1-2-4-13(12)16-14(10-18)7-8-17(9-14)11-5-6-11/h1-4,11,16,18H,5-10H2. The molecule has 3 rings (SSSR count). The Labute approximate surface area is 116 Å². The lowest BCUT2D eigenvalue weighted by Crippen LogP contribution is -2.45. The first-order chi connectivity index (χ1) is 8.72. The Morgan fingerprint density at radius 2 is 2.17 bits per heavy atom. The highest BCUT2D eigenvalue weighted by atomic mass is 79.9. The number of benzene rings is 1. The molecule has 1 aromatic rings. The van der Waals surface area contributed by atoms with Gasteiger partial charge in [0.1, 0.15) is 0 Å². The fourth-order valence-electron chi connectivity index (χ4n) is 2.77. The maximum absolute atomic E-state index is 9.78. The molecule has 18 heavy (non-hydrogen) atoms. The van der Waals surface area contributed by atoms with Crippen LogP contribution in [-0.4, -0.2) is 41.3 Å². The van der Waals surface area contributed by atoms with Gasteiger partial charge < -0.3 is 10.4 Å². The molecule has 1 saturated carbocycles. The molecule has 0 spiro atoms. The lowest BCUT2D eigenvalue weighted by Gasteiger charge is -2.30. The summed E-state index contributed by atoms with van der Waals surface area (Å²) >= 11 is 3.56. The highest BCUT2D eigenvalue weighted by Gasteiger charge is 2.43. The molecular formula is C14H19BrN2O. The zero-order chi connectivity index (χ0) is 12.6. The summed E-state index contributed by atoms with van der Waals surface area (Å²) in [5.41, 5.74) is 0.899. The van der Waals surface area contributed by atoms with E-state index in [1.54, 1.807) is 0 Å². The number of aliphatic hydroxyl groups excluding tert-OH is 1. The van der Waals surface area contributed by atoms with Crippen LogP contribution in [0.5, 0.6) is 0 Å². The van der Waals surface area contributed by atoms with Gasteiger partial charge in [0, 0.05) is 29.3 Å². The summed E-state index contributed by atoms with van der Waals surface area (Å²) in [5, 5.41) is 13.3. The molecule has 4 heteroatoms. The first-order valence-corrected chi connectivity index (χ1v) is 7.39. The molecule has 98 valence electrons. The molecule has 1 unspecified atom stereocenters. The Morgan fingerprint density at radius 3 is 2.83 bits per heavy atom. The minimum atomic E-state index is -0.174. The van der Waals surface area contributed by atoms with E-state index in [1.807, 2.05) is 18.2 Å². The van der Waals surface area contributed by atoms with E-state index in [9.17, 15) is 5.11 Å². The molecule has 0 aromatic heterocycles. The molecule has 0 bridgehead atoms. The predicted octanol–water partition coefficient (Wildman–Crippen LogP) is 2.46. The van der Waals surface area contributed by atoms with Crippen molar-refractivity contribution in [1.82, 2.24) is 4.90 Å². The van der Waals surface area contributed by atoms with Crippen LogP contribution in [0.15, 0.2) is 28.7 Å². The minimum absolute atomic E-state index is 0.174. The van der Waals surface area contributed by atoms with Gasteiger partial charge in [-0.05, 0) is 47.3 Å². The van der Waals surface area contributed by atoms with Crippen LogP contribution in [0.1, 0.15) is 19.3 Å². The maximum Gasteiger partial charge on any atom is 0.0742 e. The third-order valence-corrected chi connectivity index (χ3v) is 4.71. The number of hydrogen-bond donors (Lipinski definition) is 2. The number of anilines is 1. The minimum Gasteiger partial charge on any atom is -0.394 e. The van der Waals surface area contributed by atoms with Crippen molar-refractivity contribution in [2.45, 2.75) is 30.8 Å². The number of nitrogens with one attached hydrogen (secondary N) is 1. The van der Waals surface area contributed by atoms with Crippen molar-refractivity contribution < 1.29 is 5.11 Å². The van der Waals surface area contributed by atoms with Crippen LogP contribution in [0.2, 0.25) is 0 Å². The van der Waals surface area contributed by atoms with Crippen LogP contribution in [-0.2, 0) is 0 Å². The second-order valence-corrected chi connectivity index (χ2v) is 6.35. The molecule has 0 radical (unpaired) electrons. The van der Waals surface area contributed by atoms with Crippen molar-refractivity contribution in [2.75, 3.05) is 25.0 Å². The highest BCUT2D eigenvalue weighted by Crippen LogP contribution is 2.36. The number of rotatable bonds is 4. The quantitative estimate of drug-likeness (QED) is 0.897. The fourth-order valence-corrected chi connectivity index (χ4v) is 3.16. The van der Waals surface area contributed by atoms with Crippen molar-refractivity contribution in [2.24, 2.45) is 0 Å². The van der Waals surface area contributed by atoms with Gasteiger partial charge in [0.25, 0.3) is 0 Å². The van der Waals surface area contributed by atoms with Gasteiger partial charge in [-0.3, -0.25) is 4.90 Å². The van der Waals surface area contributed by atoms with Gasteiger partial charge in [-0.25, -0.2) is 0 Å². The van der Waals surface area contributed by atoms with Crippen molar-refractivity contribution in [3.63, 3.8) is 0 Å². The Bertz CT molecular complexity index is 436. The zero-order valence-electron chi connectivity index (χ0n) is 10.4. The fraction of sp³-hybridized carbons (Fsp3) is 0.571. The van der Waals surface area contributed by atoms with E-state index in [0.29, 0.717) is 0 Å². The maximum atomic E-state index is 9.78. The summed E-state index contributed by atoms with van der Waals surface area (Å²) in [5.74, 6) is 0. The lowest BCUT2D eigenvalue weighted by molar-refractivity contribution is 0.205. The van der Waals surface area contributed by atoms with Crippen molar-refractivity contribution in [3.8, 4) is 0 Å². The summed E-state index contributed by atoms with van der Waals surface area (Å²) < 4.78 is 1.06. The predicted molar refractivity (Wildman–Crippen MR) is 76.8 cm³/mol. The second-order valence-electron chi connectivity index (χ2n) is 5.49. The lowest BCUT2D eigenvalue weighted by atomic mass is 9.99. The number of nitrogens with zero attached hydrogens (tertiary/aromatic N) is 1. The van der Waals surface area contributed by atoms with Crippen molar-refractivity contribution >= 4 is 21.6 Å². The van der Waals surface area contributed by atoms with E-state index < -0.39 is 0 Å². The molecule has 1 aromatic carbocycles. The molecule has 1 atom stereocenters. The van der Waals surface area contributed by atoms with Gasteiger partial charge in [0.05, 0.1) is 12.1 Å². The second kappa shape index (κ2) is 4.83. The molecule has 3 nitrogen and oxygen atoms in total. The molecule has 2 aliphatic rings. The van der Waals surface area contributed by atoms with Crippen LogP contribution in [0.4, 0.5) is 5.69 Å². The van der Waals surface area contributed by atoms with Gasteiger partial charge in [0.15, 0.2) is 0 Å². The summed E-state index contributed by atoms with van der Waals surface area (Å²) in [6.45, 7) is 2.25. The first kappa shape index (κ1) is 12.5. The normalized spacial score (nSPS) is 28.6. The summed E-state index contributed by atoms with van der Waals surface area (Å²) in [6, 6.07) is 8.89. The summed E-state index contributed by atoms with van der Waals surface area (Å²) in [7, 11) is 0. The van der Waals surface area contributed by atoms with Gasteiger partial charge in [0.2, 0.25) is 0 Å². The van der Waals surface area contributed by atoms with Crippen LogP contribution in [0.25, 0.3) is 0 Å². The van der Waals surface area contributed by atoms with Crippen LogP contribution in [0.3, 0.4) is 0 Å². The smallest absolute Gasteiger partial charge is 0.0742 e. The largest absolute Gasteiger partial charge is 0.394 e. The average Bonchev–Trinajstić information content (AvgIpc) is 3.15. The van der Waals surface area contributed by atoms with Gasteiger partial charge in [-0.15, -0.1) is 0 Å². The Morgan fingerprint density at radius 1 is 1.39 bits per heavy atom. The Balaban J connectivity index is 1.74. The molecule has 2 N–H and O–H groups in total. The first-order valence-electron chi connectivity index (χ1n) is 6.60. The molecule has 2 fully saturated rings. The van der Waals surface area contributed by atoms with Crippen molar-refractivity contribution in [1.29, 1.82) is 0 Å². The van der Waals surface area contributed by atoms with E-state index in [4.69, 9.17) is 0 Å². The van der Waals surface area contributed by atoms with E-state index in [2.05, 4.69) is 32.2 Å². The molecule has 1 aliphatic carbocycles. The number of hydrogen-bond acceptors (Lipinski definition) is 3. The Kier molecular flexibility index (Phi) is 3.34.